The number of hydrogen-bond donors (Lipinski definition) is 0. The van der Waals surface area contributed by atoms with Gasteiger partial charge in [-0.1, -0.05) is 31.9 Å². The summed E-state index contributed by atoms with van der Waals surface area (Å²) >= 11 is 9.05. The molecule has 0 bridgehead atoms. The molecule has 0 fully saturated rings. The predicted octanol–water partition coefficient (Wildman–Crippen LogP) is 3.06. The van der Waals surface area contributed by atoms with Gasteiger partial charge < -0.3 is 0 Å². The fourth-order valence-corrected chi connectivity index (χ4v) is 1.63. The highest BCUT2D eigenvalue weighted by atomic mass is 79.9. The lowest BCUT2D eigenvalue weighted by Gasteiger charge is -1.88. The van der Waals surface area contributed by atoms with Gasteiger partial charge in [-0.25, -0.2) is 4.39 Å². The lowest BCUT2D eigenvalue weighted by molar-refractivity contribution is 0.670. The van der Waals surface area contributed by atoms with Gasteiger partial charge in [-0.05, 0) is 15.9 Å². The molecule has 0 heterocycles. The Balaban J connectivity index is 2.69. The SMILES string of the molecule is FC1=C(Br)C1(Br)Br. The van der Waals surface area contributed by atoms with Crippen LogP contribution in [0.25, 0.3) is 0 Å². The Morgan fingerprint density at radius 1 is 1.43 bits per heavy atom. The summed E-state index contributed by atoms with van der Waals surface area (Å²) in [6.45, 7) is 0. The molecule has 0 aromatic carbocycles. The maximum absolute atomic E-state index is 12.0. The molecule has 0 aromatic heterocycles. The first-order chi connectivity index (χ1) is 3.07. The fraction of sp³-hybridized carbons (Fsp3) is 0.333. The van der Waals surface area contributed by atoms with Crippen molar-refractivity contribution in [2.75, 3.05) is 0 Å². The molecule has 0 unspecified atom stereocenters. The van der Waals surface area contributed by atoms with Gasteiger partial charge in [0.1, 0.15) is 5.83 Å². The Morgan fingerprint density at radius 3 is 1.57 bits per heavy atom. The first-order valence-corrected chi connectivity index (χ1v) is 3.88. The average Bonchev–Trinajstić information content (AvgIpc) is 1.91. The molecule has 0 aliphatic heterocycles. The Labute approximate surface area is 65.5 Å². The maximum Gasteiger partial charge on any atom is 0.166 e. The van der Waals surface area contributed by atoms with Crippen molar-refractivity contribution in [2.24, 2.45) is 0 Å². The van der Waals surface area contributed by atoms with Crippen molar-refractivity contribution in [3.8, 4) is 0 Å². The summed E-state index contributed by atoms with van der Waals surface area (Å²) < 4.78 is 12.0. The van der Waals surface area contributed by atoms with E-state index in [2.05, 4.69) is 47.8 Å². The third kappa shape index (κ3) is 0.813. The highest BCUT2D eigenvalue weighted by Crippen LogP contribution is 2.59. The van der Waals surface area contributed by atoms with Crippen LogP contribution in [0.15, 0.2) is 10.3 Å². The van der Waals surface area contributed by atoms with Crippen LogP contribution in [0.5, 0.6) is 0 Å². The van der Waals surface area contributed by atoms with Gasteiger partial charge >= 0.3 is 0 Å². The second-order valence-electron chi connectivity index (χ2n) is 1.20. The minimum atomic E-state index is -0.625. The molecule has 0 aromatic rings. The molecule has 0 radical (unpaired) electrons. The zero-order valence-corrected chi connectivity index (χ0v) is 7.77. The van der Waals surface area contributed by atoms with E-state index in [1.54, 1.807) is 0 Å². The van der Waals surface area contributed by atoms with E-state index in [1.165, 1.54) is 0 Å². The van der Waals surface area contributed by atoms with Gasteiger partial charge in [-0.3, -0.25) is 0 Å². The number of alkyl halides is 2. The fourth-order valence-electron chi connectivity index (χ4n) is 0.184. The van der Waals surface area contributed by atoms with Crippen LogP contribution in [-0.4, -0.2) is 3.23 Å². The van der Waals surface area contributed by atoms with Crippen LogP contribution in [0, 0.1) is 0 Å². The molecule has 0 saturated heterocycles. The monoisotopic (exact) mass is 292 g/mol. The first-order valence-electron chi connectivity index (χ1n) is 1.51. The van der Waals surface area contributed by atoms with Crippen LogP contribution in [0.3, 0.4) is 0 Å². The molecule has 0 amide bonds. The van der Waals surface area contributed by atoms with Gasteiger partial charge in [0.15, 0.2) is 3.23 Å². The maximum atomic E-state index is 12.0. The van der Waals surface area contributed by atoms with Gasteiger partial charge in [-0.15, -0.1) is 0 Å². The summed E-state index contributed by atoms with van der Waals surface area (Å²) in [5.74, 6) is -0.174. The molecule has 0 saturated carbocycles. The van der Waals surface area contributed by atoms with Crippen LogP contribution in [0.1, 0.15) is 0 Å². The van der Waals surface area contributed by atoms with Gasteiger partial charge in [0.2, 0.25) is 0 Å². The normalized spacial score (nSPS) is 25.7. The molecule has 4 heteroatoms. The molecule has 0 nitrogen and oxygen atoms in total. The first kappa shape index (κ1) is 6.23. The Kier molecular flexibility index (Phi) is 1.38. The van der Waals surface area contributed by atoms with Crippen molar-refractivity contribution in [3.05, 3.63) is 10.3 Å². The van der Waals surface area contributed by atoms with Crippen molar-refractivity contribution in [3.63, 3.8) is 0 Å². The summed E-state index contributed by atoms with van der Waals surface area (Å²) in [5.41, 5.74) is 0. The van der Waals surface area contributed by atoms with E-state index in [-0.39, 0.29) is 5.83 Å². The minimum Gasteiger partial charge on any atom is -0.208 e. The number of hydrogen-bond acceptors (Lipinski definition) is 0. The third-order valence-electron chi connectivity index (χ3n) is 0.682. The van der Waals surface area contributed by atoms with Crippen LogP contribution < -0.4 is 0 Å². The number of allylic oxidation sites excluding steroid dienone is 2. The van der Waals surface area contributed by atoms with E-state index in [1.807, 2.05) is 0 Å². The van der Waals surface area contributed by atoms with E-state index >= 15 is 0 Å². The Bertz CT molecular complexity index is 123. The summed E-state index contributed by atoms with van der Waals surface area (Å²) in [6.07, 6.45) is 0. The van der Waals surface area contributed by atoms with Gasteiger partial charge in [0.25, 0.3) is 0 Å². The molecular weight excluding hydrogens is 295 g/mol. The van der Waals surface area contributed by atoms with Crippen molar-refractivity contribution >= 4 is 47.8 Å². The summed E-state index contributed by atoms with van der Waals surface area (Å²) in [6, 6.07) is 0. The quantitative estimate of drug-likeness (QED) is 0.602. The molecule has 0 N–H and O–H groups in total. The molecule has 0 atom stereocenters. The Hall–Kier alpha value is 1.11. The van der Waals surface area contributed by atoms with Crippen LogP contribution in [-0.2, 0) is 0 Å². The van der Waals surface area contributed by atoms with Crippen molar-refractivity contribution in [1.82, 2.24) is 0 Å². The van der Waals surface area contributed by atoms with E-state index in [0.717, 1.165) is 0 Å². The highest BCUT2D eigenvalue weighted by Gasteiger charge is 2.49. The van der Waals surface area contributed by atoms with Gasteiger partial charge in [-0.2, -0.15) is 0 Å². The molecule has 7 heavy (non-hydrogen) atoms. The molecule has 1 aliphatic rings. The van der Waals surface area contributed by atoms with Crippen LogP contribution >= 0.6 is 47.8 Å². The van der Waals surface area contributed by atoms with E-state index in [0.29, 0.717) is 4.48 Å². The summed E-state index contributed by atoms with van der Waals surface area (Å²) in [4.78, 5) is 0. The van der Waals surface area contributed by atoms with Crippen LogP contribution in [0.2, 0.25) is 0 Å². The zero-order chi connectivity index (χ0) is 5.65. The minimum absolute atomic E-state index is 0.174. The van der Waals surface area contributed by atoms with E-state index in [4.69, 9.17) is 0 Å². The largest absolute Gasteiger partial charge is 0.208 e. The summed E-state index contributed by atoms with van der Waals surface area (Å²) in [7, 11) is 0. The van der Waals surface area contributed by atoms with Crippen LogP contribution in [0.4, 0.5) is 4.39 Å². The van der Waals surface area contributed by atoms with Crippen molar-refractivity contribution < 1.29 is 4.39 Å². The highest BCUT2D eigenvalue weighted by molar-refractivity contribution is 9.27. The number of halogens is 4. The van der Waals surface area contributed by atoms with E-state index < -0.39 is 3.23 Å². The van der Waals surface area contributed by atoms with Gasteiger partial charge in [0, 0.05) is 0 Å². The third-order valence-corrected chi connectivity index (χ3v) is 4.18. The molecule has 1 rings (SSSR count). The lowest BCUT2D eigenvalue weighted by Crippen LogP contribution is -1.83. The second kappa shape index (κ2) is 1.54. The zero-order valence-electron chi connectivity index (χ0n) is 3.01. The molecule has 1 aliphatic carbocycles. The number of rotatable bonds is 0. The lowest BCUT2D eigenvalue weighted by atomic mass is 10.9. The van der Waals surface area contributed by atoms with Gasteiger partial charge in [0.05, 0.1) is 4.48 Å². The molecule has 0 spiro atoms. The van der Waals surface area contributed by atoms with E-state index in [9.17, 15) is 4.39 Å². The van der Waals surface area contributed by atoms with Crippen molar-refractivity contribution in [1.29, 1.82) is 0 Å². The topological polar surface area (TPSA) is 0 Å². The van der Waals surface area contributed by atoms with Crippen molar-refractivity contribution in [2.45, 2.75) is 3.23 Å². The smallest absolute Gasteiger partial charge is 0.166 e. The average molecular weight is 295 g/mol. The standard InChI is InChI=1S/C3Br3F/c4-1-2(7)3(1,5)6. The molecule has 40 valence electrons. The second-order valence-corrected chi connectivity index (χ2v) is 5.44. The Morgan fingerprint density at radius 2 is 1.57 bits per heavy atom. The molecular formula is C3Br3F. The predicted molar refractivity (Wildman–Crippen MR) is 37.6 cm³/mol. The summed E-state index contributed by atoms with van der Waals surface area (Å²) in [5, 5.41) is 0.